The van der Waals surface area contributed by atoms with Gasteiger partial charge in [0.15, 0.2) is 5.13 Å². The molecule has 4 rings (SSSR count). The van der Waals surface area contributed by atoms with E-state index >= 15 is 0 Å². The molecule has 1 aliphatic heterocycles. The summed E-state index contributed by atoms with van der Waals surface area (Å²) in [4.78, 5) is 30.6. The quantitative estimate of drug-likeness (QED) is 0.460. The number of hydrogen-bond acceptors (Lipinski definition) is 9. The van der Waals surface area contributed by atoms with Gasteiger partial charge in [0, 0.05) is 48.0 Å². The van der Waals surface area contributed by atoms with E-state index in [1.54, 1.807) is 12.1 Å². The number of carbonyl (C=O) groups excluding carboxylic acids is 1. The third kappa shape index (κ3) is 5.71. The topological polar surface area (TPSA) is 107 Å². The fourth-order valence-electron chi connectivity index (χ4n) is 3.40. The number of carbonyl (C=O) groups is 1. The van der Waals surface area contributed by atoms with Crippen molar-refractivity contribution < 1.29 is 9.90 Å². The summed E-state index contributed by atoms with van der Waals surface area (Å²) >= 11 is 13.4. The minimum absolute atomic E-state index is 0.0628. The molecule has 3 N–H and O–H groups in total. The number of anilines is 4. The molecule has 0 atom stereocenters. The number of hydrogen-bond donors (Lipinski definition) is 3. The lowest BCUT2D eigenvalue weighted by Gasteiger charge is -2.34. The lowest BCUT2D eigenvalue weighted by Crippen LogP contribution is -2.47. The van der Waals surface area contributed by atoms with Crippen LogP contribution < -0.4 is 15.5 Å². The standard InChI is InChI=1S/C21H23Cl2N7O2S/c1-12-15(23)7-14(22)8-16(12)27-20(32)17-10-24-21(33-17)28-18-9-19(26-13(2)25-18)30-5-3-29(11-31)4-6-30/h7-10,31H,3-6,11H2,1-2H3,(H,27,32)(H,24,25,26,28). The van der Waals surface area contributed by atoms with Crippen LogP contribution in [0, 0.1) is 13.8 Å². The van der Waals surface area contributed by atoms with E-state index in [1.165, 1.54) is 17.5 Å². The van der Waals surface area contributed by atoms with Crippen LogP contribution in [0.5, 0.6) is 0 Å². The van der Waals surface area contributed by atoms with Crippen LogP contribution in [-0.2, 0) is 0 Å². The van der Waals surface area contributed by atoms with Crippen molar-refractivity contribution in [2.45, 2.75) is 13.8 Å². The van der Waals surface area contributed by atoms with Gasteiger partial charge >= 0.3 is 0 Å². The van der Waals surface area contributed by atoms with Crippen molar-refractivity contribution in [3.63, 3.8) is 0 Å². The molecule has 1 amide bonds. The molecule has 3 heterocycles. The van der Waals surface area contributed by atoms with Crippen LogP contribution in [0.4, 0.5) is 22.5 Å². The summed E-state index contributed by atoms with van der Waals surface area (Å²) in [5.41, 5.74) is 1.29. The van der Waals surface area contributed by atoms with Gasteiger partial charge in [0.05, 0.1) is 12.9 Å². The fraction of sp³-hybridized carbons (Fsp3) is 0.333. The van der Waals surface area contributed by atoms with Gasteiger partial charge in [-0.05, 0) is 31.5 Å². The van der Waals surface area contributed by atoms with E-state index < -0.39 is 0 Å². The van der Waals surface area contributed by atoms with Crippen molar-refractivity contribution in [2.75, 3.05) is 48.4 Å². The first-order valence-corrected chi connectivity index (χ1v) is 11.8. The molecule has 0 aliphatic carbocycles. The molecule has 0 bridgehead atoms. The monoisotopic (exact) mass is 507 g/mol. The first-order chi connectivity index (χ1) is 15.8. The third-order valence-electron chi connectivity index (χ3n) is 5.24. The Labute approximate surface area is 205 Å². The number of amides is 1. The SMILES string of the molecule is Cc1nc(Nc2ncc(C(=O)Nc3cc(Cl)cc(Cl)c3C)s2)cc(N2CCN(CO)CC2)n1. The second-order valence-corrected chi connectivity index (χ2v) is 9.45. The Morgan fingerprint density at radius 1 is 1.15 bits per heavy atom. The largest absolute Gasteiger partial charge is 0.381 e. The predicted molar refractivity (Wildman–Crippen MR) is 132 cm³/mol. The number of rotatable bonds is 6. The summed E-state index contributed by atoms with van der Waals surface area (Å²) < 4.78 is 0. The van der Waals surface area contributed by atoms with E-state index in [0.717, 1.165) is 37.6 Å². The second kappa shape index (κ2) is 10.2. The lowest BCUT2D eigenvalue weighted by molar-refractivity contribution is 0.102. The number of aryl methyl sites for hydroxylation is 1. The highest BCUT2D eigenvalue weighted by Gasteiger charge is 2.19. The Balaban J connectivity index is 1.45. The van der Waals surface area contributed by atoms with Gasteiger partial charge in [0.2, 0.25) is 0 Å². The summed E-state index contributed by atoms with van der Waals surface area (Å²) in [5.74, 6) is 1.73. The Morgan fingerprint density at radius 3 is 2.64 bits per heavy atom. The number of nitrogens with zero attached hydrogens (tertiary/aromatic N) is 5. The molecular formula is C21H23Cl2N7O2S. The average molecular weight is 508 g/mol. The number of piperazine rings is 1. The van der Waals surface area contributed by atoms with Gasteiger partial charge in [0.25, 0.3) is 5.91 Å². The number of aliphatic hydroxyl groups excluding tert-OH is 1. The highest BCUT2D eigenvalue weighted by Crippen LogP contribution is 2.30. The molecule has 1 fully saturated rings. The molecule has 12 heteroatoms. The van der Waals surface area contributed by atoms with E-state index in [-0.39, 0.29) is 12.6 Å². The smallest absolute Gasteiger partial charge is 0.267 e. The number of nitrogens with one attached hydrogen (secondary N) is 2. The van der Waals surface area contributed by atoms with Gasteiger partial charge in [-0.1, -0.05) is 34.5 Å². The van der Waals surface area contributed by atoms with Gasteiger partial charge in [-0.2, -0.15) is 0 Å². The molecular weight excluding hydrogens is 485 g/mol. The van der Waals surface area contributed by atoms with Crippen LogP contribution in [0.2, 0.25) is 10.0 Å². The maximum absolute atomic E-state index is 12.7. The molecule has 1 aliphatic rings. The van der Waals surface area contributed by atoms with Crippen molar-refractivity contribution >= 4 is 62.9 Å². The van der Waals surface area contributed by atoms with E-state index in [9.17, 15) is 9.90 Å². The Hall–Kier alpha value is -2.50. The van der Waals surface area contributed by atoms with Crippen LogP contribution in [0.1, 0.15) is 21.1 Å². The zero-order valence-electron chi connectivity index (χ0n) is 18.1. The first kappa shape index (κ1) is 23.7. The van der Waals surface area contributed by atoms with Crippen molar-refractivity contribution in [3.05, 3.63) is 50.7 Å². The van der Waals surface area contributed by atoms with Crippen LogP contribution in [0.15, 0.2) is 24.4 Å². The van der Waals surface area contributed by atoms with Crippen molar-refractivity contribution in [2.24, 2.45) is 0 Å². The normalized spacial score (nSPS) is 14.4. The molecule has 33 heavy (non-hydrogen) atoms. The second-order valence-electron chi connectivity index (χ2n) is 7.57. The molecule has 174 valence electrons. The van der Waals surface area contributed by atoms with Gasteiger partial charge in [0.1, 0.15) is 22.3 Å². The fourth-order valence-corrected chi connectivity index (χ4v) is 4.61. The number of benzene rings is 1. The predicted octanol–water partition coefficient (Wildman–Crippen LogP) is 3.92. The summed E-state index contributed by atoms with van der Waals surface area (Å²) in [6.45, 7) is 6.78. The molecule has 2 aromatic heterocycles. The third-order valence-corrected chi connectivity index (χ3v) is 6.76. The molecule has 1 aromatic carbocycles. The van der Waals surface area contributed by atoms with Gasteiger partial charge < -0.3 is 20.6 Å². The summed E-state index contributed by atoms with van der Waals surface area (Å²) in [7, 11) is 0. The lowest BCUT2D eigenvalue weighted by atomic mass is 10.2. The highest BCUT2D eigenvalue weighted by atomic mass is 35.5. The van der Waals surface area contributed by atoms with Crippen molar-refractivity contribution in [1.82, 2.24) is 19.9 Å². The zero-order valence-corrected chi connectivity index (χ0v) is 20.4. The molecule has 3 aromatic rings. The highest BCUT2D eigenvalue weighted by molar-refractivity contribution is 7.17. The Kier molecular flexibility index (Phi) is 7.30. The Bertz CT molecular complexity index is 1170. The molecule has 0 spiro atoms. The van der Waals surface area contributed by atoms with Crippen LogP contribution in [-0.4, -0.2) is 63.8 Å². The van der Waals surface area contributed by atoms with E-state index in [1.807, 2.05) is 24.8 Å². The first-order valence-electron chi connectivity index (χ1n) is 10.3. The average Bonchev–Trinajstić information content (AvgIpc) is 3.25. The van der Waals surface area contributed by atoms with Crippen molar-refractivity contribution in [1.29, 1.82) is 0 Å². The molecule has 0 unspecified atom stereocenters. The van der Waals surface area contributed by atoms with Crippen LogP contribution in [0.25, 0.3) is 0 Å². The van der Waals surface area contributed by atoms with E-state index in [0.29, 0.717) is 37.4 Å². The maximum atomic E-state index is 12.7. The maximum Gasteiger partial charge on any atom is 0.267 e. The number of aliphatic hydroxyl groups is 1. The van der Waals surface area contributed by atoms with Crippen molar-refractivity contribution in [3.8, 4) is 0 Å². The van der Waals surface area contributed by atoms with Gasteiger partial charge in [-0.15, -0.1) is 0 Å². The number of halogens is 2. The van der Waals surface area contributed by atoms with E-state index in [4.69, 9.17) is 23.2 Å². The molecule has 0 saturated carbocycles. The number of aromatic nitrogens is 3. The number of thiazole rings is 1. The minimum atomic E-state index is -0.303. The summed E-state index contributed by atoms with van der Waals surface area (Å²) in [6, 6.07) is 5.15. The summed E-state index contributed by atoms with van der Waals surface area (Å²) in [5, 5.41) is 16.8. The minimum Gasteiger partial charge on any atom is -0.381 e. The molecule has 9 nitrogen and oxygen atoms in total. The molecule has 0 radical (unpaired) electrons. The zero-order chi connectivity index (χ0) is 23.5. The van der Waals surface area contributed by atoms with Gasteiger partial charge in [-0.3, -0.25) is 9.69 Å². The van der Waals surface area contributed by atoms with Crippen LogP contribution in [0.3, 0.4) is 0 Å². The van der Waals surface area contributed by atoms with Gasteiger partial charge in [-0.25, -0.2) is 15.0 Å². The molecule has 1 saturated heterocycles. The van der Waals surface area contributed by atoms with Crippen LogP contribution >= 0.6 is 34.5 Å². The van der Waals surface area contributed by atoms with E-state index in [2.05, 4.69) is 30.5 Å². The summed E-state index contributed by atoms with van der Waals surface area (Å²) in [6.07, 6.45) is 1.51. The Morgan fingerprint density at radius 2 is 1.91 bits per heavy atom.